The van der Waals surface area contributed by atoms with Gasteiger partial charge in [-0.1, -0.05) is 11.6 Å². The molecule has 0 atom stereocenters. The highest BCUT2D eigenvalue weighted by molar-refractivity contribution is 9.10. The molecule has 1 amide bonds. The first-order valence-electron chi connectivity index (χ1n) is 5.24. The normalized spacial score (nSPS) is 10.3. The Morgan fingerprint density at radius 1 is 1.50 bits per heavy atom. The van der Waals surface area contributed by atoms with Gasteiger partial charge in [0, 0.05) is 22.5 Å². The van der Waals surface area contributed by atoms with Crippen LogP contribution in [0.25, 0.3) is 0 Å². The molecule has 5 nitrogen and oxygen atoms in total. The lowest BCUT2D eigenvalue weighted by molar-refractivity contribution is 0.0953. The standard InChI is InChI=1S/C11H10BrClN4O/c12-9-5-7(13)1-2-8(9)11(18)14-4-3-10-15-6-16-17-10/h1-2,5-6H,3-4H2,(H,14,18)(H,15,16,17). The van der Waals surface area contributed by atoms with Crippen molar-refractivity contribution in [1.29, 1.82) is 0 Å². The minimum atomic E-state index is -0.155. The third-order valence-corrected chi connectivity index (χ3v) is 3.18. The fourth-order valence-corrected chi connectivity index (χ4v) is 2.28. The monoisotopic (exact) mass is 328 g/mol. The van der Waals surface area contributed by atoms with E-state index in [1.807, 2.05) is 0 Å². The van der Waals surface area contributed by atoms with Crippen molar-refractivity contribution in [2.75, 3.05) is 6.54 Å². The van der Waals surface area contributed by atoms with Crippen LogP contribution in [0.4, 0.5) is 0 Å². The summed E-state index contributed by atoms with van der Waals surface area (Å²) in [5, 5.41) is 9.84. The van der Waals surface area contributed by atoms with E-state index in [0.717, 1.165) is 5.82 Å². The molecule has 1 aromatic carbocycles. The second-order valence-electron chi connectivity index (χ2n) is 3.56. The summed E-state index contributed by atoms with van der Waals surface area (Å²) < 4.78 is 0.673. The molecule has 0 radical (unpaired) electrons. The lowest BCUT2D eigenvalue weighted by Gasteiger charge is -2.06. The molecule has 0 saturated carbocycles. The van der Waals surface area contributed by atoms with Crippen molar-refractivity contribution >= 4 is 33.4 Å². The maximum atomic E-state index is 11.9. The van der Waals surface area contributed by atoms with E-state index < -0.39 is 0 Å². The summed E-state index contributed by atoms with van der Waals surface area (Å²) in [6, 6.07) is 5.04. The molecule has 2 aromatic rings. The van der Waals surface area contributed by atoms with Crippen LogP contribution < -0.4 is 5.32 Å². The van der Waals surface area contributed by atoms with Gasteiger partial charge in [-0.2, -0.15) is 5.10 Å². The lowest BCUT2D eigenvalue weighted by atomic mass is 10.2. The molecule has 94 valence electrons. The molecule has 0 saturated heterocycles. The minimum absolute atomic E-state index is 0.155. The van der Waals surface area contributed by atoms with Crippen molar-refractivity contribution in [3.05, 3.63) is 45.4 Å². The molecule has 18 heavy (non-hydrogen) atoms. The third kappa shape index (κ3) is 3.30. The summed E-state index contributed by atoms with van der Waals surface area (Å²) in [4.78, 5) is 15.8. The van der Waals surface area contributed by atoms with Crippen LogP contribution in [-0.2, 0) is 6.42 Å². The zero-order valence-corrected chi connectivity index (χ0v) is 11.6. The first-order chi connectivity index (χ1) is 8.66. The molecule has 2 rings (SSSR count). The predicted octanol–water partition coefficient (Wildman–Crippen LogP) is 2.19. The van der Waals surface area contributed by atoms with Gasteiger partial charge in [-0.15, -0.1) is 0 Å². The Bertz CT molecular complexity index is 544. The van der Waals surface area contributed by atoms with Gasteiger partial charge in [-0.05, 0) is 34.1 Å². The van der Waals surface area contributed by atoms with Gasteiger partial charge in [-0.3, -0.25) is 9.89 Å². The quantitative estimate of drug-likeness (QED) is 0.903. The average Bonchev–Trinajstić information content (AvgIpc) is 2.81. The Labute approximate surface area is 117 Å². The number of carbonyl (C=O) groups is 1. The van der Waals surface area contributed by atoms with Crippen molar-refractivity contribution in [3.63, 3.8) is 0 Å². The van der Waals surface area contributed by atoms with E-state index in [4.69, 9.17) is 11.6 Å². The van der Waals surface area contributed by atoms with Crippen LogP contribution >= 0.6 is 27.5 Å². The van der Waals surface area contributed by atoms with E-state index in [0.29, 0.717) is 28.0 Å². The summed E-state index contributed by atoms with van der Waals surface area (Å²) in [7, 11) is 0. The Hall–Kier alpha value is -1.40. The van der Waals surface area contributed by atoms with Gasteiger partial charge in [0.1, 0.15) is 12.2 Å². The summed E-state index contributed by atoms with van der Waals surface area (Å²) in [5.41, 5.74) is 0.553. The third-order valence-electron chi connectivity index (χ3n) is 2.29. The van der Waals surface area contributed by atoms with Crippen LogP contribution in [0.1, 0.15) is 16.2 Å². The van der Waals surface area contributed by atoms with Gasteiger partial charge in [0.15, 0.2) is 0 Å². The molecule has 0 spiro atoms. The summed E-state index contributed by atoms with van der Waals surface area (Å²) in [6.45, 7) is 0.489. The Balaban J connectivity index is 1.91. The molecule has 0 bridgehead atoms. The fraction of sp³-hybridized carbons (Fsp3) is 0.182. The van der Waals surface area contributed by atoms with Crippen molar-refractivity contribution < 1.29 is 4.79 Å². The van der Waals surface area contributed by atoms with Gasteiger partial charge < -0.3 is 5.32 Å². The number of carbonyl (C=O) groups excluding carboxylic acids is 1. The van der Waals surface area contributed by atoms with Crippen LogP contribution in [0.5, 0.6) is 0 Å². The zero-order chi connectivity index (χ0) is 13.0. The number of hydrogen-bond donors (Lipinski definition) is 2. The predicted molar refractivity (Wildman–Crippen MR) is 71.6 cm³/mol. The highest BCUT2D eigenvalue weighted by atomic mass is 79.9. The van der Waals surface area contributed by atoms with Crippen molar-refractivity contribution in [1.82, 2.24) is 20.5 Å². The molecular weight excluding hydrogens is 320 g/mol. The molecule has 0 unspecified atom stereocenters. The van der Waals surface area contributed by atoms with E-state index >= 15 is 0 Å². The smallest absolute Gasteiger partial charge is 0.252 e. The topological polar surface area (TPSA) is 70.7 Å². The molecule has 0 aliphatic rings. The van der Waals surface area contributed by atoms with Crippen molar-refractivity contribution in [3.8, 4) is 0 Å². The largest absolute Gasteiger partial charge is 0.352 e. The number of halogens is 2. The lowest BCUT2D eigenvalue weighted by Crippen LogP contribution is -2.26. The van der Waals surface area contributed by atoms with Gasteiger partial charge in [-0.25, -0.2) is 4.98 Å². The van der Waals surface area contributed by atoms with E-state index in [-0.39, 0.29) is 5.91 Å². The molecule has 1 heterocycles. The number of aromatic amines is 1. The molecule has 0 fully saturated rings. The number of nitrogens with one attached hydrogen (secondary N) is 2. The summed E-state index contributed by atoms with van der Waals surface area (Å²) >= 11 is 9.12. The SMILES string of the molecule is O=C(NCCc1ncn[nH]1)c1ccc(Cl)cc1Br. The van der Waals surface area contributed by atoms with Crippen LogP contribution in [-0.4, -0.2) is 27.6 Å². The Morgan fingerprint density at radius 3 is 3.00 bits per heavy atom. The van der Waals surface area contributed by atoms with Crippen LogP contribution in [0, 0.1) is 0 Å². The highest BCUT2D eigenvalue weighted by Gasteiger charge is 2.09. The number of nitrogens with zero attached hydrogens (tertiary/aromatic N) is 2. The maximum Gasteiger partial charge on any atom is 0.252 e. The molecule has 7 heteroatoms. The Kier molecular flexibility index (Phi) is 4.33. The first kappa shape index (κ1) is 13.0. The average molecular weight is 330 g/mol. The summed E-state index contributed by atoms with van der Waals surface area (Å²) in [5.74, 6) is 0.587. The minimum Gasteiger partial charge on any atom is -0.352 e. The van der Waals surface area contributed by atoms with E-state index in [9.17, 15) is 4.79 Å². The van der Waals surface area contributed by atoms with Gasteiger partial charge in [0.05, 0.1) is 5.56 Å². The molecule has 0 aliphatic heterocycles. The number of amides is 1. The number of hydrogen-bond acceptors (Lipinski definition) is 3. The fourth-order valence-electron chi connectivity index (χ4n) is 1.41. The first-order valence-corrected chi connectivity index (χ1v) is 6.41. The van der Waals surface area contributed by atoms with Crippen molar-refractivity contribution in [2.45, 2.75) is 6.42 Å². The van der Waals surface area contributed by atoms with Crippen LogP contribution in [0.15, 0.2) is 29.0 Å². The molecule has 0 aliphatic carbocycles. The number of aromatic nitrogens is 3. The van der Waals surface area contributed by atoms with Gasteiger partial charge in [0.25, 0.3) is 5.91 Å². The van der Waals surface area contributed by atoms with E-state index in [1.54, 1.807) is 18.2 Å². The number of benzene rings is 1. The molecule has 1 aromatic heterocycles. The van der Waals surface area contributed by atoms with Crippen molar-refractivity contribution in [2.24, 2.45) is 0 Å². The van der Waals surface area contributed by atoms with Gasteiger partial charge in [0.2, 0.25) is 0 Å². The summed E-state index contributed by atoms with van der Waals surface area (Å²) in [6.07, 6.45) is 2.05. The second-order valence-corrected chi connectivity index (χ2v) is 4.85. The number of H-pyrrole nitrogens is 1. The van der Waals surface area contributed by atoms with Crippen LogP contribution in [0.2, 0.25) is 5.02 Å². The van der Waals surface area contributed by atoms with Gasteiger partial charge >= 0.3 is 0 Å². The van der Waals surface area contributed by atoms with E-state index in [2.05, 4.69) is 36.4 Å². The van der Waals surface area contributed by atoms with E-state index in [1.165, 1.54) is 6.33 Å². The Morgan fingerprint density at radius 2 is 2.33 bits per heavy atom. The highest BCUT2D eigenvalue weighted by Crippen LogP contribution is 2.21. The zero-order valence-electron chi connectivity index (χ0n) is 9.28. The second kappa shape index (κ2) is 5.97. The maximum absolute atomic E-state index is 11.9. The van der Waals surface area contributed by atoms with Crippen LogP contribution in [0.3, 0.4) is 0 Å². The molecular formula is C11H10BrClN4O. The number of rotatable bonds is 4. The molecule has 2 N–H and O–H groups in total.